The molecule has 0 fully saturated rings. The van der Waals surface area contributed by atoms with Crippen molar-refractivity contribution in [2.45, 2.75) is 6.10 Å². The lowest BCUT2D eigenvalue weighted by atomic mass is 10.0. The molecule has 0 saturated carbocycles. The second-order valence-corrected chi connectivity index (χ2v) is 5.46. The van der Waals surface area contributed by atoms with Gasteiger partial charge in [-0.1, -0.05) is 36.4 Å². The highest BCUT2D eigenvalue weighted by atomic mass is 32.1. The number of carboxylic acid groups (broad SMARTS) is 1. The molecule has 4 heteroatoms. The molecule has 0 radical (unpaired) electrons. The van der Waals surface area contributed by atoms with Gasteiger partial charge in [-0.15, -0.1) is 11.3 Å². The summed E-state index contributed by atoms with van der Waals surface area (Å²) in [5.74, 6) is -1.01. The summed E-state index contributed by atoms with van der Waals surface area (Å²) in [5, 5.41) is 23.3. The molecular weight excluding hydrogens is 272 g/mol. The second-order valence-electron chi connectivity index (χ2n) is 4.51. The van der Waals surface area contributed by atoms with Crippen LogP contribution in [0.2, 0.25) is 0 Å². The molecule has 1 atom stereocenters. The van der Waals surface area contributed by atoms with Gasteiger partial charge in [-0.3, -0.25) is 0 Å². The molecule has 1 heterocycles. The van der Waals surface area contributed by atoms with Gasteiger partial charge in [-0.2, -0.15) is 0 Å². The van der Waals surface area contributed by atoms with Gasteiger partial charge >= 0.3 is 5.97 Å². The minimum absolute atomic E-state index is 0.163. The van der Waals surface area contributed by atoms with E-state index in [0.29, 0.717) is 10.4 Å². The van der Waals surface area contributed by atoms with Gasteiger partial charge in [-0.05, 0) is 33.8 Å². The lowest BCUT2D eigenvalue weighted by Gasteiger charge is -2.11. The van der Waals surface area contributed by atoms with E-state index in [1.165, 1.54) is 17.4 Å². The standard InChI is InChI=1S/C16H12O3S/c17-14(15-13(16(18)19)7-8-20-15)12-6-5-10-3-1-2-4-11(10)9-12/h1-9,14,17H,(H,18,19). The fourth-order valence-electron chi connectivity index (χ4n) is 2.24. The molecule has 0 spiro atoms. The molecule has 3 nitrogen and oxygen atoms in total. The van der Waals surface area contributed by atoms with Crippen LogP contribution in [0.5, 0.6) is 0 Å². The first-order valence-corrected chi connectivity index (χ1v) is 7.02. The van der Waals surface area contributed by atoms with Crippen LogP contribution in [0.1, 0.15) is 26.9 Å². The average Bonchev–Trinajstić information content (AvgIpc) is 2.95. The van der Waals surface area contributed by atoms with Crippen molar-refractivity contribution in [1.82, 2.24) is 0 Å². The van der Waals surface area contributed by atoms with E-state index in [2.05, 4.69) is 0 Å². The lowest BCUT2D eigenvalue weighted by molar-refractivity contribution is 0.0692. The number of hydrogen-bond donors (Lipinski definition) is 2. The number of benzene rings is 2. The highest BCUT2D eigenvalue weighted by Crippen LogP contribution is 2.31. The zero-order valence-electron chi connectivity index (χ0n) is 10.5. The fraction of sp³-hybridized carbons (Fsp3) is 0.0625. The molecule has 0 aliphatic carbocycles. The quantitative estimate of drug-likeness (QED) is 0.771. The third kappa shape index (κ3) is 2.19. The van der Waals surface area contributed by atoms with E-state index in [0.717, 1.165) is 10.8 Å². The normalized spacial score (nSPS) is 12.4. The van der Waals surface area contributed by atoms with E-state index in [9.17, 15) is 9.90 Å². The number of carboxylic acids is 1. The number of fused-ring (bicyclic) bond motifs is 1. The van der Waals surface area contributed by atoms with Crippen LogP contribution < -0.4 is 0 Å². The predicted molar refractivity (Wildman–Crippen MR) is 79.3 cm³/mol. The Balaban J connectivity index is 2.05. The molecule has 0 aliphatic heterocycles. The van der Waals surface area contributed by atoms with Crippen LogP contribution in [0, 0.1) is 0 Å². The summed E-state index contributed by atoms with van der Waals surface area (Å²) in [7, 11) is 0. The van der Waals surface area contributed by atoms with Crippen LogP contribution in [0.15, 0.2) is 53.9 Å². The summed E-state index contributed by atoms with van der Waals surface area (Å²) >= 11 is 1.26. The number of thiophene rings is 1. The Kier molecular flexibility index (Phi) is 3.26. The number of hydrogen-bond acceptors (Lipinski definition) is 3. The Morgan fingerprint density at radius 3 is 2.55 bits per heavy atom. The molecule has 1 aromatic heterocycles. The maximum absolute atomic E-state index is 11.1. The summed E-state index contributed by atoms with van der Waals surface area (Å²) in [4.78, 5) is 11.6. The summed E-state index contributed by atoms with van der Waals surface area (Å²) in [5.41, 5.74) is 0.865. The fourth-order valence-corrected chi connectivity index (χ4v) is 3.14. The van der Waals surface area contributed by atoms with Crippen molar-refractivity contribution in [3.63, 3.8) is 0 Å². The van der Waals surface area contributed by atoms with Crippen molar-refractivity contribution in [3.05, 3.63) is 69.9 Å². The number of carbonyl (C=O) groups is 1. The Labute approximate surface area is 119 Å². The SMILES string of the molecule is O=C(O)c1ccsc1C(O)c1ccc2ccccc2c1. The summed E-state index contributed by atoms with van der Waals surface area (Å²) < 4.78 is 0. The van der Waals surface area contributed by atoms with Gasteiger partial charge in [0.15, 0.2) is 0 Å². The van der Waals surface area contributed by atoms with Crippen LogP contribution in [0.4, 0.5) is 0 Å². The molecule has 0 bridgehead atoms. The van der Waals surface area contributed by atoms with Gasteiger partial charge in [0.25, 0.3) is 0 Å². The van der Waals surface area contributed by atoms with E-state index in [4.69, 9.17) is 5.11 Å². The zero-order valence-corrected chi connectivity index (χ0v) is 11.3. The van der Waals surface area contributed by atoms with Crippen molar-refractivity contribution in [2.24, 2.45) is 0 Å². The van der Waals surface area contributed by atoms with Crippen LogP contribution in [-0.4, -0.2) is 16.2 Å². The van der Waals surface area contributed by atoms with Gasteiger partial charge in [0.05, 0.1) is 10.4 Å². The number of aliphatic hydroxyl groups is 1. The minimum Gasteiger partial charge on any atom is -0.478 e. The first-order valence-electron chi connectivity index (χ1n) is 6.14. The summed E-state index contributed by atoms with van der Waals surface area (Å²) in [6, 6.07) is 15.0. The van der Waals surface area contributed by atoms with E-state index >= 15 is 0 Å². The molecule has 20 heavy (non-hydrogen) atoms. The largest absolute Gasteiger partial charge is 0.478 e. The van der Waals surface area contributed by atoms with Gasteiger partial charge in [0.1, 0.15) is 6.10 Å². The lowest BCUT2D eigenvalue weighted by Crippen LogP contribution is -2.04. The van der Waals surface area contributed by atoms with Crippen molar-refractivity contribution >= 4 is 28.1 Å². The van der Waals surface area contributed by atoms with Gasteiger partial charge in [0, 0.05) is 0 Å². The molecule has 3 aromatic rings. The zero-order chi connectivity index (χ0) is 14.1. The highest BCUT2D eigenvalue weighted by molar-refractivity contribution is 7.10. The molecule has 0 saturated heterocycles. The molecule has 0 aliphatic rings. The number of rotatable bonds is 3. The smallest absolute Gasteiger partial charge is 0.336 e. The summed E-state index contributed by atoms with van der Waals surface area (Å²) in [6.45, 7) is 0. The van der Waals surface area contributed by atoms with Crippen LogP contribution in [-0.2, 0) is 0 Å². The molecule has 2 N–H and O–H groups in total. The average molecular weight is 284 g/mol. The third-order valence-electron chi connectivity index (χ3n) is 3.26. The molecular formula is C16H12O3S. The maximum atomic E-state index is 11.1. The van der Waals surface area contributed by atoms with Crippen molar-refractivity contribution in [3.8, 4) is 0 Å². The van der Waals surface area contributed by atoms with Crippen molar-refractivity contribution in [2.75, 3.05) is 0 Å². The van der Waals surface area contributed by atoms with Crippen LogP contribution in [0.3, 0.4) is 0 Å². The van der Waals surface area contributed by atoms with E-state index in [-0.39, 0.29) is 5.56 Å². The molecule has 1 unspecified atom stereocenters. The summed E-state index contributed by atoms with van der Waals surface area (Å²) in [6.07, 6.45) is -0.911. The Hall–Kier alpha value is -2.17. The van der Waals surface area contributed by atoms with E-state index < -0.39 is 12.1 Å². The first-order chi connectivity index (χ1) is 9.66. The highest BCUT2D eigenvalue weighted by Gasteiger charge is 2.20. The number of aromatic carboxylic acids is 1. The van der Waals surface area contributed by atoms with Crippen LogP contribution >= 0.6 is 11.3 Å². The second kappa shape index (κ2) is 5.07. The first kappa shape index (κ1) is 12.8. The Bertz CT molecular complexity index is 776. The van der Waals surface area contributed by atoms with Gasteiger partial charge in [0.2, 0.25) is 0 Å². The monoisotopic (exact) mass is 284 g/mol. The van der Waals surface area contributed by atoms with Crippen LogP contribution in [0.25, 0.3) is 10.8 Å². The topological polar surface area (TPSA) is 57.5 Å². The maximum Gasteiger partial charge on any atom is 0.336 e. The predicted octanol–water partition coefficient (Wildman–Crippen LogP) is 3.68. The Morgan fingerprint density at radius 1 is 1.05 bits per heavy atom. The molecule has 3 rings (SSSR count). The number of aliphatic hydroxyl groups excluding tert-OH is 1. The van der Waals surface area contributed by atoms with Crippen molar-refractivity contribution in [1.29, 1.82) is 0 Å². The Morgan fingerprint density at radius 2 is 1.80 bits per heavy atom. The third-order valence-corrected chi connectivity index (χ3v) is 4.23. The van der Waals surface area contributed by atoms with Crippen molar-refractivity contribution < 1.29 is 15.0 Å². The van der Waals surface area contributed by atoms with Gasteiger partial charge in [-0.25, -0.2) is 4.79 Å². The van der Waals surface area contributed by atoms with Gasteiger partial charge < -0.3 is 10.2 Å². The molecule has 0 amide bonds. The van der Waals surface area contributed by atoms with E-state index in [1.807, 2.05) is 42.5 Å². The van der Waals surface area contributed by atoms with E-state index in [1.54, 1.807) is 5.38 Å². The molecule has 100 valence electrons. The molecule has 2 aromatic carbocycles. The minimum atomic E-state index is -1.01.